The summed E-state index contributed by atoms with van der Waals surface area (Å²) in [7, 11) is 1.37. The molecule has 0 saturated carbocycles. The fraction of sp³-hybridized carbons (Fsp3) is 0.286. The first kappa shape index (κ1) is 13.3. The highest BCUT2D eigenvalue weighted by molar-refractivity contribution is 5.74. The van der Waals surface area contributed by atoms with Gasteiger partial charge in [0.25, 0.3) is 0 Å². The Kier molecular flexibility index (Phi) is 4.30. The molecule has 19 heavy (non-hydrogen) atoms. The van der Waals surface area contributed by atoms with Crippen molar-refractivity contribution in [1.29, 1.82) is 0 Å². The van der Waals surface area contributed by atoms with Gasteiger partial charge in [-0.3, -0.25) is 0 Å². The first-order valence-corrected chi connectivity index (χ1v) is 6.14. The van der Waals surface area contributed by atoms with E-state index < -0.39 is 6.04 Å². The second-order valence-corrected chi connectivity index (χ2v) is 4.45. The maximum atomic E-state index is 11.3. The van der Waals surface area contributed by atoms with Crippen molar-refractivity contribution in [3.63, 3.8) is 0 Å². The summed E-state index contributed by atoms with van der Waals surface area (Å²) in [6, 6.07) is 9.74. The van der Waals surface area contributed by atoms with Gasteiger partial charge >= 0.3 is 5.97 Å². The Labute approximate surface area is 112 Å². The summed E-state index contributed by atoms with van der Waals surface area (Å²) in [5, 5.41) is 0. The van der Waals surface area contributed by atoms with Crippen LogP contribution in [0.25, 0.3) is 0 Å². The van der Waals surface area contributed by atoms with Crippen LogP contribution in [0.1, 0.15) is 11.3 Å². The molecule has 100 valence electrons. The van der Waals surface area contributed by atoms with Crippen molar-refractivity contribution < 1.29 is 15.3 Å². The zero-order valence-electron chi connectivity index (χ0n) is 11.0. The number of aromatic nitrogens is 2. The van der Waals surface area contributed by atoms with Crippen molar-refractivity contribution >= 4 is 5.97 Å². The van der Waals surface area contributed by atoms with Crippen LogP contribution in [0.2, 0.25) is 0 Å². The fourth-order valence-electron chi connectivity index (χ4n) is 1.89. The molecule has 0 spiro atoms. The van der Waals surface area contributed by atoms with Crippen LogP contribution in [-0.2, 0) is 22.5 Å². The van der Waals surface area contributed by atoms with E-state index in [-0.39, 0.29) is 5.97 Å². The Morgan fingerprint density at radius 3 is 2.84 bits per heavy atom. The van der Waals surface area contributed by atoms with Crippen molar-refractivity contribution in [2.45, 2.75) is 19.0 Å². The molecule has 0 saturated heterocycles. The van der Waals surface area contributed by atoms with E-state index >= 15 is 0 Å². The fourth-order valence-corrected chi connectivity index (χ4v) is 1.89. The quantitative estimate of drug-likeness (QED) is 0.784. The summed E-state index contributed by atoms with van der Waals surface area (Å²) >= 11 is 0. The first-order valence-electron chi connectivity index (χ1n) is 6.14. The Morgan fingerprint density at radius 1 is 1.42 bits per heavy atom. The van der Waals surface area contributed by atoms with Gasteiger partial charge in [0, 0.05) is 12.7 Å². The molecule has 1 heterocycles. The monoisotopic (exact) mass is 260 g/mol. The van der Waals surface area contributed by atoms with Crippen molar-refractivity contribution in [2.75, 3.05) is 7.11 Å². The van der Waals surface area contributed by atoms with Gasteiger partial charge in [-0.25, -0.2) is 9.78 Å². The molecule has 0 bridgehead atoms. The van der Waals surface area contributed by atoms with Gasteiger partial charge < -0.3 is 15.0 Å². The summed E-state index contributed by atoms with van der Waals surface area (Å²) in [4.78, 5) is 15.6. The number of benzene rings is 1. The minimum absolute atomic E-state index is 0.308. The normalized spacial score (nSPS) is 12.1. The molecule has 0 amide bonds. The van der Waals surface area contributed by atoms with E-state index in [1.54, 1.807) is 6.33 Å². The maximum Gasteiger partial charge on any atom is 0.364 e. The van der Waals surface area contributed by atoms with Gasteiger partial charge in [0.15, 0.2) is 6.04 Å². The van der Waals surface area contributed by atoms with Crippen LogP contribution in [0.15, 0.2) is 42.9 Å². The van der Waals surface area contributed by atoms with E-state index in [0.29, 0.717) is 6.42 Å². The van der Waals surface area contributed by atoms with E-state index in [1.807, 2.05) is 29.0 Å². The lowest BCUT2D eigenvalue weighted by atomic mass is 10.2. The van der Waals surface area contributed by atoms with Crippen LogP contribution in [0.4, 0.5) is 0 Å². The van der Waals surface area contributed by atoms with Crippen LogP contribution in [0.5, 0.6) is 0 Å². The number of ether oxygens (including phenoxy) is 1. The molecule has 3 N–H and O–H groups in total. The van der Waals surface area contributed by atoms with Crippen LogP contribution in [-0.4, -0.2) is 28.7 Å². The predicted molar refractivity (Wildman–Crippen MR) is 70.2 cm³/mol. The van der Waals surface area contributed by atoms with Crippen molar-refractivity contribution in [3.8, 4) is 0 Å². The Bertz CT molecular complexity index is 537. The first-order chi connectivity index (χ1) is 9.19. The molecule has 0 unspecified atom stereocenters. The third-order valence-corrected chi connectivity index (χ3v) is 2.88. The highest BCUT2D eigenvalue weighted by Gasteiger charge is 2.19. The molecule has 5 heteroatoms. The van der Waals surface area contributed by atoms with Crippen LogP contribution in [0, 0.1) is 0 Å². The molecule has 0 aliphatic heterocycles. The van der Waals surface area contributed by atoms with E-state index in [1.165, 1.54) is 12.7 Å². The zero-order valence-corrected chi connectivity index (χ0v) is 11.0. The Morgan fingerprint density at radius 2 is 2.16 bits per heavy atom. The highest BCUT2D eigenvalue weighted by Crippen LogP contribution is 2.05. The molecule has 1 aromatic heterocycles. The summed E-state index contributed by atoms with van der Waals surface area (Å²) in [6.45, 7) is 0.772. The van der Waals surface area contributed by atoms with Gasteiger partial charge in [0.05, 0.1) is 25.6 Å². The largest absolute Gasteiger partial charge is 0.465 e. The summed E-state index contributed by atoms with van der Waals surface area (Å²) in [5.41, 5.74) is 5.84. The molecule has 5 nitrogen and oxygen atoms in total. The van der Waals surface area contributed by atoms with Crippen LogP contribution in [0.3, 0.4) is 0 Å². The van der Waals surface area contributed by atoms with Gasteiger partial charge in [-0.2, -0.15) is 0 Å². The molecule has 1 atom stereocenters. The number of imidazole rings is 1. The minimum atomic E-state index is -0.412. The second kappa shape index (κ2) is 6.15. The third-order valence-electron chi connectivity index (χ3n) is 2.88. The number of esters is 1. The minimum Gasteiger partial charge on any atom is -0.465 e. The van der Waals surface area contributed by atoms with Gasteiger partial charge in [0.2, 0.25) is 0 Å². The topological polar surface area (TPSA) is 71.8 Å². The molecule has 1 aromatic carbocycles. The van der Waals surface area contributed by atoms with Gasteiger partial charge in [-0.1, -0.05) is 30.3 Å². The number of hydrogen-bond acceptors (Lipinski definition) is 3. The van der Waals surface area contributed by atoms with E-state index in [9.17, 15) is 4.79 Å². The molecule has 0 radical (unpaired) electrons. The molecule has 2 aromatic rings. The molecular formula is C14H18N3O2+. The third kappa shape index (κ3) is 3.66. The lowest BCUT2D eigenvalue weighted by molar-refractivity contribution is -0.407. The number of carbonyl (C=O) groups excluding carboxylic acids is 1. The van der Waals surface area contributed by atoms with Gasteiger partial charge in [-0.05, 0) is 5.56 Å². The Balaban J connectivity index is 1.98. The highest BCUT2D eigenvalue weighted by atomic mass is 16.5. The summed E-state index contributed by atoms with van der Waals surface area (Å²) in [5.74, 6) is -0.308. The van der Waals surface area contributed by atoms with Crippen molar-refractivity contribution in [1.82, 2.24) is 9.55 Å². The number of rotatable bonds is 5. The van der Waals surface area contributed by atoms with Gasteiger partial charge in [-0.15, -0.1) is 0 Å². The Hall–Kier alpha value is -2.14. The molecule has 0 aliphatic rings. The lowest BCUT2D eigenvalue weighted by Gasteiger charge is -2.03. The number of quaternary nitrogens is 1. The van der Waals surface area contributed by atoms with Crippen LogP contribution >= 0.6 is 0 Å². The number of nitrogens with zero attached hydrogens (tertiary/aromatic N) is 2. The summed E-state index contributed by atoms with van der Waals surface area (Å²) < 4.78 is 6.65. The number of methoxy groups -OCH3 is 1. The summed E-state index contributed by atoms with van der Waals surface area (Å²) in [6.07, 6.45) is 4.20. The van der Waals surface area contributed by atoms with Crippen molar-refractivity contribution in [3.05, 3.63) is 54.1 Å². The molecule has 0 fully saturated rings. The standard InChI is InChI=1S/C14H17N3O2/c1-19-14(18)13(15)7-12-9-17(10-16-12)8-11-5-3-2-4-6-11/h2-6,9-10,13H,7-8,15H2,1H3/p+1/t13-/m0/s1. The smallest absolute Gasteiger partial charge is 0.364 e. The number of hydrogen-bond donors (Lipinski definition) is 1. The average molecular weight is 260 g/mol. The maximum absolute atomic E-state index is 11.3. The second-order valence-electron chi connectivity index (χ2n) is 4.45. The van der Waals surface area contributed by atoms with E-state index in [4.69, 9.17) is 0 Å². The molecule has 0 aliphatic carbocycles. The van der Waals surface area contributed by atoms with E-state index in [0.717, 1.165) is 12.2 Å². The van der Waals surface area contributed by atoms with Gasteiger partial charge in [0.1, 0.15) is 0 Å². The SMILES string of the molecule is COC(=O)[C@@H]([NH3+])Cc1cn(Cc2ccccc2)cn1. The molecular weight excluding hydrogens is 242 g/mol. The molecule has 2 rings (SSSR count). The number of carbonyl (C=O) groups is 1. The van der Waals surface area contributed by atoms with E-state index in [2.05, 4.69) is 27.6 Å². The zero-order chi connectivity index (χ0) is 13.7. The lowest BCUT2D eigenvalue weighted by Crippen LogP contribution is -2.66. The average Bonchev–Trinajstić information content (AvgIpc) is 2.86. The predicted octanol–water partition coefficient (Wildman–Crippen LogP) is 0.257. The van der Waals surface area contributed by atoms with Crippen molar-refractivity contribution in [2.24, 2.45) is 0 Å². The van der Waals surface area contributed by atoms with Crippen LogP contribution < -0.4 is 5.73 Å².